The van der Waals surface area contributed by atoms with Gasteiger partial charge >= 0.3 is 0 Å². The van der Waals surface area contributed by atoms with Crippen LogP contribution in [-0.4, -0.2) is 30.6 Å². The lowest BCUT2D eigenvalue weighted by Crippen LogP contribution is -2.19. The fourth-order valence-electron chi connectivity index (χ4n) is 1.37. The van der Waals surface area contributed by atoms with E-state index in [4.69, 9.17) is 9.47 Å². The molecule has 19 heavy (non-hydrogen) atoms. The van der Waals surface area contributed by atoms with Crippen LogP contribution in [0.1, 0.15) is 20.8 Å². The van der Waals surface area contributed by atoms with Crippen molar-refractivity contribution >= 4 is 23.4 Å². The van der Waals surface area contributed by atoms with Crippen molar-refractivity contribution in [3.63, 3.8) is 0 Å². The van der Waals surface area contributed by atoms with E-state index in [1.807, 2.05) is 0 Å². The summed E-state index contributed by atoms with van der Waals surface area (Å²) in [4.78, 5) is 11.9. The van der Waals surface area contributed by atoms with Crippen molar-refractivity contribution < 1.29 is 14.3 Å². The van der Waals surface area contributed by atoms with E-state index in [9.17, 15) is 4.79 Å². The Morgan fingerprint density at radius 2 is 1.95 bits per heavy atom. The highest BCUT2D eigenvalue weighted by Gasteiger charge is 2.14. The molecule has 0 aromatic heterocycles. The van der Waals surface area contributed by atoms with Gasteiger partial charge in [-0.2, -0.15) is 0 Å². The van der Waals surface area contributed by atoms with Gasteiger partial charge in [-0.15, -0.1) is 11.8 Å². The summed E-state index contributed by atoms with van der Waals surface area (Å²) in [6.07, 6.45) is 0. The van der Waals surface area contributed by atoms with Crippen LogP contribution in [0.2, 0.25) is 0 Å². The molecule has 1 rings (SSSR count). The fraction of sp³-hybridized carbons (Fsp3) is 0.500. The Hall–Kier alpha value is -1.36. The largest absolute Gasteiger partial charge is 0.497 e. The maximum Gasteiger partial charge on any atom is 0.234 e. The highest BCUT2D eigenvalue weighted by Crippen LogP contribution is 2.29. The van der Waals surface area contributed by atoms with Crippen molar-refractivity contribution in [3.8, 4) is 11.5 Å². The molecule has 0 aliphatic heterocycles. The summed E-state index contributed by atoms with van der Waals surface area (Å²) < 4.78 is 10.4. The second-order valence-corrected chi connectivity index (χ2v) is 6.82. The van der Waals surface area contributed by atoms with Gasteiger partial charge in [0, 0.05) is 10.8 Å². The highest BCUT2D eigenvalue weighted by atomic mass is 32.2. The summed E-state index contributed by atoms with van der Waals surface area (Å²) in [5.41, 5.74) is 0.655. The lowest BCUT2D eigenvalue weighted by molar-refractivity contribution is -0.113. The van der Waals surface area contributed by atoms with Gasteiger partial charge < -0.3 is 14.8 Å². The Morgan fingerprint density at radius 3 is 2.47 bits per heavy atom. The number of rotatable bonds is 5. The zero-order chi connectivity index (χ0) is 14.5. The molecule has 0 saturated carbocycles. The van der Waals surface area contributed by atoms with E-state index in [0.717, 1.165) is 0 Å². The quantitative estimate of drug-likeness (QED) is 0.901. The SMILES string of the molecule is COc1ccc(NC(=O)CSC(C)(C)C)c(OC)c1. The molecular weight excluding hydrogens is 262 g/mol. The minimum atomic E-state index is -0.0385. The van der Waals surface area contributed by atoms with Crippen molar-refractivity contribution in [1.29, 1.82) is 0 Å². The molecule has 0 spiro atoms. The first kappa shape index (κ1) is 15.7. The lowest BCUT2D eigenvalue weighted by atomic mass is 10.2. The molecule has 0 aliphatic carbocycles. The van der Waals surface area contributed by atoms with Gasteiger partial charge in [0.15, 0.2) is 0 Å². The number of anilines is 1. The molecule has 0 atom stereocenters. The maximum absolute atomic E-state index is 11.9. The van der Waals surface area contributed by atoms with Gasteiger partial charge in [0.1, 0.15) is 11.5 Å². The van der Waals surface area contributed by atoms with Crippen LogP contribution in [0.3, 0.4) is 0 Å². The minimum Gasteiger partial charge on any atom is -0.497 e. The van der Waals surface area contributed by atoms with E-state index in [2.05, 4.69) is 26.1 Å². The van der Waals surface area contributed by atoms with E-state index in [-0.39, 0.29) is 10.7 Å². The fourth-order valence-corrected chi connectivity index (χ4v) is 2.01. The number of nitrogens with one attached hydrogen (secondary N) is 1. The molecule has 0 fully saturated rings. The summed E-state index contributed by atoms with van der Waals surface area (Å²) in [7, 11) is 3.15. The number of methoxy groups -OCH3 is 2. The predicted octanol–water partition coefficient (Wildman–Crippen LogP) is 3.17. The van der Waals surface area contributed by atoms with Crippen LogP contribution in [0.15, 0.2) is 18.2 Å². The van der Waals surface area contributed by atoms with Crippen LogP contribution in [-0.2, 0) is 4.79 Å². The van der Waals surface area contributed by atoms with Gasteiger partial charge in [-0.1, -0.05) is 20.8 Å². The standard InChI is InChI=1S/C14H21NO3S/c1-14(2,3)19-9-13(16)15-11-7-6-10(17-4)8-12(11)18-5/h6-8H,9H2,1-5H3,(H,15,16). The molecule has 1 aromatic rings. The number of carbonyl (C=O) groups excluding carboxylic acids is 1. The Bertz CT molecular complexity index is 441. The smallest absolute Gasteiger partial charge is 0.234 e. The lowest BCUT2D eigenvalue weighted by Gasteiger charge is -2.17. The minimum absolute atomic E-state index is 0.0385. The molecule has 0 saturated heterocycles. The molecule has 1 aromatic carbocycles. The number of benzene rings is 1. The Morgan fingerprint density at radius 1 is 1.26 bits per heavy atom. The number of amides is 1. The third kappa shape index (κ3) is 5.42. The zero-order valence-electron chi connectivity index (χ0n) is 12.1. The third-order valence-electron chi connectivity index (χ3n) is 2.32. The number of hydrogen-bond donors (Lipinski definition) is 1. The van der Waals surface area contributed by atoms with Crippen molar-refractivity contribution in [2.24, 2.45) is 0 Å². The summed E-state index contributed by atoms with van der Waals surface area (Å²) >= 11 is 1.60. The normalized spacial score (nSPS) is 11.0. The van der Waals surface area contributed by atoms with Gasteiger partial charge in [-0.3, -0.25) is 4.79 Å². The third-order valence-corrected chi connectivity index (χ3v) is 3.59. The van der Waals surface area contributed by atoms with E-state index < -0.39 is 0 Å². The Labute approximate surface area is 118 Å². The molecule has 0 heterocycles. The molecule has 5 heteroatoms. The monoisotopic (exact) mass is 283 g/mol. The van der Waals surface area contributed by atoms with Crippen LogP contribution >= 0.6 is 11.8 Å². The van der Waals surface area contributed by atoms with Gasteiger partial charge in [0.2, 0.25) is 5.91 Å². The first-order valence-electron chi connectivity index (χ1n) is 6.01. The van der Waals surface area contributed by atoms with E-state index in [1.54, 1.807) is 44.2 Å². The first-order chi connectivity index (χ1) is 8.85. The molecule has 0 aliphatic rings. The average molecular weight is 283 g/mol. The number of ether oxygens (including phenoxy) is 2. The first-order valence-corrected chi connectivity index (χ1v) is 7.00. The van der Waals surface area contributed by atoms with E-state index in [1.165, 1.54) is 0 Å². The molecule has 106 valence electrons. The maximum atomic E-state index is 11.9. The number of thioether (sulfide) groups is 1. The van der Waals surface area contributed by atoms with Gasteiger partial charge in [-0.05, 0) is 12.1 Å². The van der Waals surface area contributed by atoms with Crippen LogP contribution < -0.4 is 14.8 Å². The molecule has 0 bridgehead atoms. The van der Waals surface area contributed by atoms with Crippen molar-refractivity contribution in [2.45, 2.75) is 25.5 Å². The molecule has 0 radical (unpaired) electrons. The summed E-state index contributed by atoms with van der Waals surface area (Å²) in [6.45, 7) is 6.25. The van der Waals surface area contributed by atoms with Crippen LogP contribution in [0.5, 0.6) is 11.5 Å². The van der Waals surface area contributed by atoms with E-state index >= 15 is 0 Å². The zero-order valence-corrected chi connectivity index (χ0v) is 12.9. The predicted molar refractivity (Wildman–Crippen MR) is 80.4 cm³/mol. The Kier molecular flexibility index (Phi) is 5.54. The Balaban J connectivity index is 2.68. The summed E-state index contributed by atoms with van der Waals surface area (Å²) in [6, 6.07) is 5.30. The summed E-state index contributed by atoms with van der Waals surface area (Å²) in [5.74, 6) is 1.66. The van der Waals surface area contributed by atoms with Crippen LogP contribution in [0.4, 0.5) is 5.69 Å². The molecule has 1 N–H and O–H groups in total. The second-order valence-electron chi connectivity index (χ2n) is 5.02. The van der Waals surface area contributed by atoms with Gasteiger partial charge in [-0.25, -0.2) is 0 Å². The topological polar surface area (TPSA) is 47.6 Å². The molecule has 0 unspecified atom stereocenters. The second kappa shape index (κ2) is 6.70. The van der Waals surface area contributed by atoms with Crippen molar-refractivity contribution in [1.82, 2.24) is 0 Å². The van der Waals surface area contributed by atoms with Crippen molar-refractivity contribution in [2.75, 3.05) is 25.3 Å². The van der Waals surface area contributed by atoms with Crippen LogP contribution in [0, 0.1) is 0 Å². The average Bonchev–Trinajstić information content (AvgIpc) is 2.36. The molecule has 4 nitrogen and oxygen atoms in total. The molecular formula is C14H21NO3S. The molecule has 1 amide bonds. The van der Waals surface area contributed by atoms with Crippen molar-refractivity contribution in [3.05, 3.63) is 18.2 Å². The summed E-state index contributed by atoms with van der Waals surface area (Å²) in [5, 5.41) is 2.85. The van der Waals surface area contributed by atoms with Gasteiger partial charge in [0.25, 0.3) is 0 Å². The van der Waals surface area contributed by atoms with Crippen LogP contribution in [0.25, 0.3) is 0 Å². The van der Waals surface area contributed by atoms with Gasteiger partial charge in [0.05, 0.1) is 25.7 Å². The highest BCUT2D eigenvalue weighted by molar-refractivity contribution is 8.01. The number of carbonyl (C=O) groups is 1. The van der Waals surface area contributed by atoms with E-state index in [0.29, 0.717) is 22.9 Å². The number of hydrogen-bond acceptors (Lipinski definition) is 4.